The topological polar surface area (TPSA) is 20.3 Å². The Balaban J connectivity index is 1.88. The first-order valence-corrected chi connectivity index (χ1v) is 6.63. The molecule has 2 nitrogen and oxygen atoms in total. The van der Waals surface area contributed by atoms with Crippen molar-refractivity contribution in [2.75, 3.05) is 13.6 Å². The van der Waals surface area contributed by atoms with E-state index < -0.39 is 0 Å². The summed E-state index contributed by atoms with van der Waals surface area (Å²) in [5, 5.41) is 0. The van der Waals surface area contributed by atoms with Gasteiger partial charge in [0.05, 0.1) is 0 Å². The van der Waals surface area contributed by atoms with Crippen molar-refractivity contribution < 1.29 is 4.79 Å². The largest absolute Gasteiger partial charge is 0.345 e. The molecule has 0 saturated heterocycles. The minimum absolute atomic E-state index is 0.230. The Kier molecular flexibility index (Phi) is 3.02. The van der Waals surface area contributed by atoms with Gasteiger partial charge in [-0.25, -0.2) is 0 Å². The quantitative estimate of drug-likeness (QED) is 0.705. The van der Waals surface area contributed by atoms with Crippen LogP contribution in [-0.2, 0) is 4.79 Å². The first kappa shape index (κ1) is 11.9. The highest BCUT2D eigenvalue weighted by molar-refractivity contribution is 5.81. The lowest BCUT2D eigenvalue weighted by Crippen LogP contribution is -2.40. The fourth-order valence-electron chi connectivity index (χ4n) is 3.61. The summed E-state index contributed by atoms with van der Waals surface area (Å²) in [4.78, 5) is 14.0. The van der Waals surface area contributed by atoms with Gasteiger partial charge in [-0.05, 0) is 37.0 Å². The first-order chi connectivity index (χ1) is 7.38. The smallest absolute Gasteiger partial charge is 0.227 e. The van der Waals surface area contributed by atoms with Crippen molar-refractivity contribution in [3.05, 3.63) is 0 Å². The van der Waals surface area contributed by atoms with Crippen LogP contribution >= 0.6 is 0 Å². The van der Waals surface area contributed by atoms with Crippen LogP contribution in [0.4, 0.5) is 0 Å². The van der Waals surface area contributed by atoms with E-state index in [2.05, 4.69) is 0 Å². The van der Waals surface area contributed by atoms with Crippen LogP contribution < -0.4 is 0 Å². The standard InChI is InChI=1S/C14H25NO/c1-14(2,3)13(16)15(4)9-12-8-10-5-6-11(12)7-10/h10-12H,5-9H2,1-4H3. The molecule has 0 N–H and O–H groups in total. The van der Waals surface area contributed by atoms with Gasteiger partial charge in [-0.3, -0.25) is 4.79 Å². The molecule has 2 aliphatic carbocycles. The average molecular weight is 223 g/mol. The zero-order valence-electron chi connectivity index (χ0n) is 11.1. The normalized spacial score (nSPS) is 33.1. The predicted molar refractivity (Wildman–Crippen MR) is 66.0 cm³/mol. The van der Waals surface area contributed by atoms with E-state index in [0.29, 0.717) is 0 Å². The van der Waals surface area contributed by atoms with E-state index in [1.54, 1.807) is 0 Å². The van der Waals surface area contributed by atoms with Crippen molar-refractivity contribution in [1.29, 1.82) is 0 Å². The summed E-state index contributed by atoms with van der Waals surface area (Å²) in [5.74, 6) is 2.97. The summed E-state index contributed by atoms with van der Waals surface area (Å²) < 4.78 is 0. The molecule has 2 saturated carbocycles. The number of fused-ring (bicyclic) bond motifs is 2. The molecule has 2 heteroatoms. The van der Waals surface area contributed by atoms with E-state index in [0.717, 1.165) is 24.3 Å². The van der Waals surface area contributed by atoms with Crippen LogP contribution in [0.3, 0.4) is 0 Å². The summed E-state index contributed by atoms with van der Waals surface area (Å²) in [6, 6.07) is 0. The molecule has 2 aliphatic rings. The van der Waals surface area contributed by atoms with Crippen molar-refractivity contribution in [1.82, 2.24) is 4.90 Å². The Hall–Kier alpha value is -0.530. The lowest BCUT2D eigenvalue weighted by molar-refractivity contribution is -0.138. The predicted octanol–water partition coefficient (Wildman–Crippen LogP) is 2.93. The number of rotatable bonds is 2. The Morgan fingerprint density at radius 1 is 1.25 bits per heavy atom. The molecule has 1 amide bonds. The Bertz CT molecular complexity index is 279. The van der Waals surface area contributed by atoms with Gasteiger partial charge in [0.15, 0.2) is 0 Å². The second-order valence-electron chi connectivity index (χ2n) is 6.87. The minimum Gasteiger partial charge on any atom is -0.345 e. The monoisotopic (exact) mass is 223 g/mol. The van der Waals surface area contributed by atoms with Crippen LogP contribution in [0, 0.1) is 23.2 Å². The van der Waals surface area contributed by atoms with Crippen LogP contribution in [0.15, 0.2) is 0 Å². The Labute approximate surface area is 99.4 Å². The van der Waals surface area contributed by atoms with E-state index in [9.17, 15) is 4.79 Å². The summed E-state index contributed by atoms with van der Waals surface area (Å²) in [7, 11) is 1.97. The SMILES string of the molecule is CN(CC1CC2CCC1C2)C(=O)C(C)(C)C. The number of amides is 1. The van der Waals surface area contributed by atoms with Gasteiger partial charge in [0.1, 0.15) is 0 Å². The molecule has 0 aromatic carbocycles. The third kappa shape index (κ3) is 2.26. The highest BCUT2D eigenvalue weighted by Crippen LogP contribution is 2.48. The molecule has 0 heterocycles. The fraction of sp³-hybridized carbons (Fsp3) is 0.929. The maximum absolute atomic E-state index is 12.1. The highest BCUT2D eigenvalue weighted by atomic mass is 16.2. The second-order valence-corrected chi connectivity index (χ2v) is 6.87. The van der Waals surface area contributed by atoms with Crippen LogP contribution in [-0.4, -0.2) is 24.4 Å². The molecule has 0 spiro atoms. The van der Waals surface area contributed by atoms with Gasteiger partial charge in [-0.1, -0.05) is 27.2 Å². The molecule has 0 aromatic rings. The van der Waals surface area contributed by atoms with Crippen molar-refractivity contribution in [3.63, 3.8) is 0 Å². The molecule has 2 fully saturated rings. The van der Waals surface area contributed by atoms with E-state index in [1.807, 2.05) is 32.7 Å². The van der Waals surface area contributed by atoms with Gasteiger partial charge in [0.25, 0.3) is 0 Å². The molecule has 2 rings (SSSR count). The van der Waals surface area contributed by atoms with Crippen LogP contribution in [0.2, 0.25) is 0 Å². The van der Waals surface area contributed by atoms with E-state index in [4.69, 9.17) is 0 Å². The van der Waals surface area contributed by atoms with Gasteiger partial charge in [0, 0.05) is 19.0 Å². The summed E-state index contributed by atoms with van der Waals surface area (Å²) in [6.07, 6.45) is 5.65. The second kappa shape index (κ2) is 4.05. The van der Waals surface area contributed by atoms with Crippen LogP contribution in [0.25, 0.3) is 0 Å². The molecular weight excluding hydrogens is 198 g/mol. The van der Waals surface area contributed by atoms with E-state index in [1.165, 1.54) is 25.7 Å². The summed E-state index contributed by atoms with van der Waals surface area (Å²) in [6.45, 7) is 7.00. The lowest BCUT2D eigenvalue weighted by atomic mass is 9.87. The Morgan fingerprint density at radius 2 is 1.94 bits per heavy atom. The molecule has 0 aliphatic heterocycles. The number of hydrogen-bond acceptors (Lipinski definition) is 1. The maximum Gasteiger partial charge on any atom is 0.227 e. The number of nitrogens with zero attached hydrogens (tertiary/aromatic N) is 1. The summed E-state index contributed by atoms with van der Waals surface area (Å²) >= 11 is 0. The van der Waals surface area contributed by atoms with Crippen molar-refractivity contribution >= 4 is 5.91 Å². The zero-order valence-corrected chi connectivity index (χ0v) is 11.1. The van der Waals surface area contributed by atoms with Gasteiger partial charge in [0.2, 0.25) is 5.91 Å². The summed E-state index contributed by atoms with van der Waals surface area (Å²) in [5.41, 5.74) is -0.230. The van der Waals surface area contributed by atoms with Crippen molar-refractivity contribution in [2.45, 2.75) is 46.5 Å². The molecule has 3 atom stereocenters. The lowest BCUT2D eigenvalue weighted by Gasteiger charge is -2.31. The number of hydrogen-bond donors (Lipinski definition) is 0. The van der Waals surface area contributed by atoms with Crippen LogP contribution in [0.5, 0.6) is 0 Å². The van der Waals surface area contributed by atoms with Gasteiger partial charge >= 0.3 is 0 Å². The Morgan fingerprint density at radius 3 is 2.38 bits per heavy atom. The van der Waals surface area contributed by atoms with Gasteiger partial charge < -0.3 is 4.90 Å². The third-order valence-electron chi connectivity index (χ3n) is 4.38. The first-order valence-electron chi connectivity index (χ1n) is 6.63. The van der Waals surface area contributed by atoms with Crippen molar-refractivity contribution in [3.8, 4) is 0 Å². The molecule has 0 radical (unpaired) electrons. The molecule has 0 aromatic heterocycles. The molecular formula is C14H25NO. The van der Waals surface area contributed by atoms with Gasteiger partial charge in [-0.15, -0.1) is 0 Å². The van der Waals surface area contributed by atoms with Crippen LogP contribution in [0.1, 0.15) is 46.5 Å². The molecule has 3 unspecified atom stereocenters. The van der Waals surface area contributed by atoms with E-state index in [-0.39, 0.29) is 11.3 Å². The molecule has 16 heavy (non-hydrogen) atoms. The highest BCUT2D eigenvalue weighted by Gasteiger charge is 2.40. The fourth-order valence-corrected chi connectivity index (χ4v) is 3.61. The average Bonchev–Trinajstić information content (AvgIpc) is 2.76. The van der Waals surface area contributed by atoms with Gasteiger partial charge in [-0.2, -0.15) is 0 Å². The minimum atomic E-state index is -0.230. The number of carbonyl (C=O) groups excluding carboxylic acids is 1. The zero-order chi connectivity index (χ0) is 11.9. The van der Waals surface area contributed by atoms with E-state index >= 15 is 0 Å². The molecule has 92 valence electrons. The van der Waals surface area contributed by atoms with Crippen molar-refractivity contribution in [2.24, 2.45) is 23.2 Å². The number of carbonyl (C=O) groups is 1. The third-order valence-corrected chi connectivity index (χ3v) is 4.38. The maximum atomic E-state index is 12.1. The molecule has 2 bridgehead atoms.